The normalized spacial score (nSPS) is 17.0. The van der Waals surface area contributed by atoms with E-state index in [9.17, 15) is 14.7 Å². The molecule has 5 heteroatoms. The molecule has 2 rings (SSSR count). The number of ether oxygens (including phenoxy) is 1. The Morgan fingerprint density at radius 1 is 1.24 bits per heavy atom. The average molecular weight is 291 g/mol. The minimum absolute atomic E-state index is 0.0436. The van der Waals surface area contributed by atoms with Gasteiger partial charge >= 0.3 is 5.97 Å². The van der Waals surface area contributed by atoms with Crippen molar-refractivity contribution in [1.82, 2.24) is 0 Å². The van der Waals surface area contributed by atoms with Crippen LogP contribution in [0.15, 0.2) is 18.2 Å². The molecule has 2 N–H and O–H groups in total. The van der Waals surface area contributed by atoms with Gasteiger partial charge in [0, 0.05) is 5.41 Å². The number of amides is 1. The quantitative estimate of drug-likeness (QED) is 0.892. The Morgan fingerprint density at radius 2 is 1.90 bits per heavy atom. The number of carboxylic acid groups (broad SMARTS) is 1. The largest absolute Gasteiger partial charge is 0.497 e. The average Bonchev–Trinajstić information content (AvgIpc) is 2.48. The summed E-state index contributed by atoms with van der Waals surface area (Å²) in [6, 6.07) is 4.64. The number of carbonyl (C=O) groups excluding carboxylic acids is 1. The Labute approximate surface area is 124 Å². The lowest BCUT2D eigenvalue weighted by Gasteiger charge is -2.32. The smallest absolute Gasteiger partial charge is 0.337 e. The third-order valence-corrected chi connectivity index (χ3v) is 4.21. The van der Waals surface area contributed by atoms with Crippen molar-refractivity contribution in [3.63, 3.8) is 0 Å². The molecule has 0 radical (unpaired) electrons. The molecule has 21 heavy (non-hydrogen) atoms. The van der Waals surface area contributed by atoms with E-state index in [1.54, 1.807) is 12.1 Å². The number of benzene rings is 1. The van der Waals surface area contributed by atoms with Crippen LogP contribution in [0, 0.1) is 5.41 Å². The van der Waals surface area contributed by atoms with Crippen molar-refractivity contribution in [2.75, 3.05) is 12.4 Å². The van der Waals surface area contributed by atoms with Gasteiger partial charge in [0.15, 0.2) is 0 Å². The van der Waals surface area contributed by atoms with Gasteiger partial charge < -0.3 is 15.2 Å². The van der Waals surface area contributed by atoms with Crippen molar-refractivity contribution >= 4 is 17.6 Å². The first-order valence-corrected chi connectivity index (χ1v) is 7.19. The number of hydrogen-bond acceptors (Lipinski definition) is 3. The fraction of sp³-hybridized carbons (Fsp3) is 0.500. The lowest BCUT2D eigenvalue weighted by molar-refractivity contribution is -0.126. The zero-order chi connectivity index (χ0) is 15.5. The summed E-state index contributed by atoms with van der Waals surface area (Å²) in [6.07, 6.45) is 4.93. The molecule has 1 amide bonds. The maximum atomic E-state index is 12.5. The van der Waals surface area contributed by atoms with E-state index < -0.39 is 11.4 Å². The van der Waals surface area contributed by atoms with Gasteiger partial charge in [0.05, 0.1) is 18.4 Å². The van der Waals surface area contributed by atoms with E-state index in [4.69, 9.17) is 4.74 Å². The monoisotopic (exact) mass is 291 g/mol. The van der Waals surface area contributed by atoms with Crippen molar-refractivity contribution in [3.05, 3.63) is 23.8 Å². The molecular formula is C16H21NO4. The molecule has 0 heterocycles. The first-order valence-electron chi connectivity index (χ1n) is 7.19. The van der Waals surface area contributed by atoms with E-state index in [2.05, 4.69) is 5.32 Å². The zero-order valence-corrected chi connectivity index (χ0v) is 12.4. The summed E-state index contributed by atoms with van der Waals surface area (Å²) in [5.41, 5.74) is -0.0456. The predicted molar refractivity (Wildman–Crippen MR) is 79.8 cm³/mol. The number of carboxylic acids is 1. The summed E-state index contributed by atoms with van der Waals surface area (Å²) < 4.78 is 5.03. The molecule has 1 aliphatic rings. The van der Waals surface area contributed by atoms with Gasteiger partial charge in [0.25, 0.3) is 0 Å². The molecule has 1 saturated carbocycles. The van der Waals surface area contributed by atoms with E-state index in [-0.39, 0.29) is 11.5 Å². The van der Waals surface area contributed by atoms with Crippen LogP contribution in [0.1, 0.15) is 49.4 Å². The molecule has 0 atom stereocenters. The van der Waals surface area contributed by atoms with Crippen LogP contribution in [-0.2, 0) is 4.79 Å². The second kappa shape index (κ2) is 6.16. The maximum absolute atomic E-state index is 12.5. The fourth-order valence-corrected chi connectivity index (χ4v) is 2.77. The van der Waals surface area contributed by atoms with Gasteiger partial charge in [0.1, 0.15) is 5.75 Å². The standard InChI is InChI=1S/C16H21NO4/c1-16(8-4-3-5-9-16)15(20)17-13-7-6-11(21-2)10-12(13)14(18)19/h6-7,10H,3-5,8-9H2,1-2H3,(H,17,20)(H,18,19). The molecule has 0 spiro atoms. The summed E-state index contributed by atoms with van der Waals surface area (Å²) in [7, 11) is 1.47. The number of carbonyl (C=O) groups is 2. The lowest BCUT2D eigenvalue weighted by atomic mass is 9.75. The highest BCUT2D eigenvalue weighted by atomic mass is 16.5. The molecule has 0 aliphatic heterocycles. The second-order valence-electron chi connectivity index (χ2n) is 5.79. The third-order valence-electron chi connectivity index (χ3n) is 4.21. The maximum Gasteiger partial charge on any atom is 0.337 e. The topological polar surface area (TPSA) is 75.6 Å². The Balaban J connectivity index is 2.22. The lowest BCUT2D eigenvalue weighted by Crippen LogP contribution is -2.35. The predicted octanol–water partition coefficient (Wildman–Crippen LogP) is 3.30. The minimum atomic E-state index is -1.09. The van der Waals surface area contributed by atoms with E-state index in [0.717, 1.165) is 32.1 Å². The van der Waals surface area contributed by atoms with Gasteiger partial charge in [-0.15, -0.1) is 0 Å². The van der Waals surface area contributed by atoms with Gasteiger partial charge in [-0.25, -0.2) is 4.79 Å². The highest BCUT2D eigenvalue weighted by Crippen LogP contribution is 2.37. The molecule has 1 aromatic carbocycles. The summed E-state index contributed by atoms with van der Waals surface area (Å²) >= 11 is 0. The van der Waals surface area contributed by atoms with Crippen LogP contribution in [0.3, 0.4) is 0 Å². The van der Waals surface area contributed by atoms with E-state index in [1.807, 2.05) is 6.92 Å². The van der Waals surface area contributed by atoms with Crippen molar-refractivity contribution in [1.29, 1.82) is 0 Å². The molecule has 0 saturated heterocycles. The van der Waals surface area contributed by atoms with Gasteiger partial charge in [-0.1, -0.05) is 26.2 Å². The molecule has 1 aliphatic carbocycles. The molecular weight excluding hydrogens is 270 g/mol. The number of rotatable bonds is 4. The zero-order valence-electron chi connectivity index (χ0n) is 12.4. The molecule has 114 valence electrons. The van der Waals surface area contributed by atoms with Gasteiger partial charge in [0.2, 0.25) is 5.91 Å². The Bertz CT molecular complexity index is 547. The first kappa shape index (κ1) is 15.4. The minimum Gasteiger partial charge on any atom is -0.497 e. The summed E-state index contributed by atoms with van der Waals surface area (Å²) in [5.74, 6) is -0.734. The molecule has 0 bridgehead atoms. The SMILES string of the molecule is COc1ccc(NC(=O)C2(C)CCCCC2)c(C(=O)O)c1. The van der Waals surface area contributed by atoms with Gasteiger partial charge in [-0.2, -0.15) is 0 Å². The Hall–Kier alpha value is -2.04. The van der Waals surface area contributed by atoms with Gasteiger partial charge in [-0.05, 0) is 31.0 Å². The van der Waals surface area contributed by atoms with E-state index >= 15 is 0 Å². The Morgan fingerprint density at radius 3 is 2.48 bits per heavy atom. The van der Waals surface area contributed by atoms with Crippen LogP contribution in [0.25, 0.3) is 0 Å². The molecule has 1 fully saturated rings. The fourth-order valence-electron chi connectivity index (χ4n) is 2.77. The highest BCUT2D eigenvalue weighted by Gasteiger charge is 2.35. The van der Waals surface area contributed by atoms with Crippen molar-refractivity contribution in [2.45, 2.75) is 39.0 Å². The van der Waals surface area contributed by atoms with Gasteiger partial charge in [-0.3, -0.25) is 4.79 Å². The van der Waals surface area contributed by atoms with Crippen molar-refractivity contribution in [3.8, 4) is 5.75 Å². The molecule has 0 aromatic heterocycles. The number of nitrogens with one attached hydrogen (secondary N) is 1. The summed E-state index contributed by atoms with van der Waals surface area (Å²) in [6.45, 7) is 1.95. The second-order valence-corrected chi connectivity index (χ2v) is 5.79. The summed E-state index contributed by atoms with van der Waals surface area (Å²) in [5, 5.41) is 12.0. The number of methoxy groups -OCH3 is 1. The van der Waals surface area contributed by atoms with E-state index in [0.29, 0.717) is 11.4 Å². The van der Waals surface area contributed by atoms with Crippen molar-refractivity contribution in [2.24, 2.45) is 5.41 Å². The van der Waals surface area contributed by atoms with Crippen LogP contribution in [0.2, 0.25) is 0 Å². The van der Waals surface area contributed by atoms with Crippen LogP contribution in [-0.4, -0.2) is 24.1 Å². The van der Waals surface area contributed by atoms with Crippen LogP contribution in [0.4, 0.5) is 5.69 Å². The first-order chi connectivity index (χ1) is 9.96. The number of anilines is 1. The molecule has 1 aromatic rings. The summed E-state index contributed by atoms with van der Waals surface area (Å²) in [4.78, 5) is 23.8. The van der Waals surface area contributed by atoms with Crippen LogP contribution in [0.5, 0.6) is 5.75 Å². The highest BCUT2D eigenvalue weighted by molar-refractivity contribution is 6.02. The Kier molecular flexibility index (Phi) is 4.50. The van der Waals surface area contributed by atoms with Crippen LogP contribution >= 0.6 is 0 Å². The number of hydrogen-bond donors (Lipinski definition) is 2. The molecule has 5 nitrogen and oxygen atoms in total. The van der Waals surface area contributed by atoms with E-state index in [1.165, 1.54) is 13.2 Å². The third kappa shape index (κ3) is 3.35. The number of aromatic carboxylic acids is 1. The molecule has 0 unspecified atom stereocenters. The van der Waals surface area contributed by atoms with Crippen LogP contribution < -0.4 is 10.1 Å². The van der Waals surface area contributed by atoms with Crippen molar-refractivity contribution < 1.29 is 19.4 Å².